The molecule has 0 radical (unpaired) electrons. The van der Waals surface area contributed by atoms with Gasteiger partial charge in [0.15, 0.2) is 0 Å². The zero-order valence-corrected chi connectivity index (χ0v) is 11.0. The van der Waals surface area contributed by atoms with Crippen molar-refractivity contribution < 1.29 is 4.42 Å². The van der Waals surface area contributed by atoms with Crippen molar-refractivity contribution in [2.45, 2.75) is 12.3 Å². The van der Waals surface area contributed by atoms with Crippen LogP contribution in [-0.2, 0) is 12.3 Å². The molecule has 0 aliphatic rings. The molecule has 1 aromatic heterocycles. The Bertz CT molecular complexity index is 540. The van der Waals surface area contributed by atoms with Crippen LogP contribution < -0.4 is 5.32 Å². The van der Waals surface area contributed by atoms with Gasteiger partial charge < -0.3 is 9.73 Å². The maximum absolute atomic E-state index is 8.70. The maximum Gasteiger partial charge on any atom is 0.123 e. The van der Waals surface area contributed by atoms with Crippen LogP contribution in [-0.4, -0.2) is 6.26 Å². The van der Waals surface area contributed by atoms with Gasteiger partial charge in [-0.3, -0.25) is 0 Å². The van der Waals surface area contributed by atoms with E-state index in [-0.39, 0.29) is 0 Å². The summed E-state index contributed by atoms with van der Waals surface area (Å²) in [4.78, 5) is 0. The summed E-state index contributed by atoms with van der Waals surface area (Å²) in [5.41, 5.74) is 1.65. The zero-order chi connectivity index (χ0) is 12.8. The highest BCUT2D eigenvalue weighted by molar-refractivity contribution is 7.97. The molecular weight excluding hydrogens is 244 g/mol. The van der Waals surface area contributed by atoms with Crippen LogP contribution in [0.2, 0.25) is 0 Å². The monoisotopic (exact) mass is 258 g/mol. The van der Waals surface area contributed by atoms with E-state index in [1.165, 1.54) is 0 Å². The minimum atomic E-state index is 0.653. The topological polar surface area (TPSA) is 49.0 Å². The van der Waals surface area contributed by atoms with Crippen molar-refractivity contribution in [2.75, 3.05) is 11.6 Å². The number of nitrogens with one attached hydrogen (secondary N) is 1. The summed E-state index contributed by atoms with van der Waals surface area (Å²) in [5.74, 6) is 2.82. The lowest BCUT2D eigenvalue weighted by Gasteiger charge is -2.04. The molecule has 0 spiro atoms. The average Bonchev–Trinajstić information content (AvgIpc) is 2.85. The second-order valence-electron chi connectivity index (χ2n) is 3.84. The van der Waals surface area contributed by atoms with E-state index in [1.54, 1.807) is 23.9 Å². The maximum atomic E-state index is 8.70. The lowest BCUT2D eigenvalue weighted by Crippen LogP contribution is -1.97. The van der Waals surface area contributed by atoms with Gasteiger partial charge in [-0.2, -0.15) is 17.0 Å². The number of nitrogens with zero attached hydrogens (tertiary/aromatic N) is 1. The second-order valence-corrected chi connectivity index (χ2v) is 4.71. The number of benzene rings is 1. The number of thioether (sulfide) groups is 1. The first-order valence-corrected chi connectivity index (χ1v) is 7.02. The highest BCUT2D eigenvalue weighted by atomic mass is 32.2. The van der Waals surface area contributed by atoms with Gasteiger partial charge in [-0.1, -0.05) is 0 Å². The van der Waals surface area contributed by atoms with Crippen LogP contribution in [0, 0.1) is 11.3 Å². The molecule has 3 nitrogen and oxygen atoms in total. The average molecular weight is 258 g/mol. The molecule has 2 rings (SSSR count). The first-order chi connectivity index (χ1) is 8.81. The highest BCUT2D eigenvalue weighted by Crippen LogP contribution is 2.15. The van der Waals surface area contributed by atoms with Gasteiger partial charge >= 0.3 is 0 Å². The van der Waals surface area contributed by atoms with Crippen LogP contribution in [0.1, 0.15) is 17.1 Å². The molecule has 0 atom stereocenters. The Balaban J connectivity index is 1.91. The van der Waals surface area contributed by atoms with Gasteiger partial charge in [0.25, 0.3) is 0 Å². The lowest BCUT2D eigenvalue weighted by molar-refractivity contribution is 0.487. The Morgan fingerprint density at radius 2 is 1.89 bits per heavy atom. The molecule has 0 fully saturated rings. The van der Waals surface area contributed by atoms with Crippen molar-refractivity contribution in [2.24, 2.45) is 0 Å². The van der Waals surface area contributed by atoms with Gasteiger partial charge in [0.2, 0.25) is 0 Å². The quantitative estimate of drug-likeness (QED) is 0.889. The zero-order valence-electron chi connectivity index (χ0n) is 10.1. The van der Waals surface area contributed by atoms with E-state index in [1.807, 2.05) is 24.3 Å². The van der Waals surface area contributed by atoms with Crippen LogP contribution in [0.4, 0.5) is 5.69 Å². The SMILES string of the molecule is CSCc1ccc(CNc2ccc(C#N)cc2)o1. The summed E-state index contributed by atoms with van der Waals surface area (Å²) < 4.78 is 5.65. The molecule has 0 aliphatic carbocycles. The molecule has 92 valence electrons. The Morgan fingerprint density at radius 1 is 1.17 bits per heavy atom. The molecule has 1 aromatic carbocycles. The smallest absolute Gasteiger partial charge is 0.123 e. The molecule has 0 unspecified atom stereocenters. The van der Waals surface area contributed by atoms with Gasteiger partial charge in [0, 0.05) is 5.69 Å². The number of hydrogen-bond donors (Lipinski definition) is 1. The Morgan fingerprint density at radius 3 is 2.56 bits per heavy atom. The van der Waals surface area contributed by atoms with Crippen LogP contribution in [0.5, 0.6) is 0 Å². The Labute approximate surface area is 111 Å². The van der Waals surface area contributed by atoms with E-state index in [9.17, 15) is 0 Å². The van der Waals surface area contributed by atoms with Crippen LogP contribution in [0.15, 0.2) is 40.8 Å². The summed E-state index contributed by atoms with van der Waals surface area (Å²) >= 11 is 1.74. The predicted octanol–water partition coefficient (Wildman–Crippen LogP) is 3.63. The summed E-state index contributed by atoms with van der Waals surface area (Å²) in [6, 6.07) is 13.5. The fourth-order valence-corrected chi connectivity index (χ4v) is 2.03. The molecule has 1 N–H and O–H groups in total. The van der Waals surface area contributed by atoms with E-state index < -0.39 is 0 Å². The van der Waals surface area contributed by atoms with Crippen LogP contribution in [0.3, 0.4) is 0 Å². The molecule has 0 amide bonds. The highest BCUT2D eigenvalue weighted by Gasteiger charge is 2.01. The van der Waals surface area contributed by atoms with Gasteiger partial charge in [0.05, 0.1) is 23.9 Å². The molecular formula is C14H14N2OS. The summed E-state index contributed by atoms with van der Waals surface area (Å²) in [6.45, 7) is 0.653. The summed E-state index contributed by atoms with van der Waals surface area (Å²) in [5, 5.41) is 12.0. The van der Waals surface area contributed by atoms with E-state index in [0.717, 1.165) is 23.0 Å². The van der Waals surface area contributed by atoms with E-state index in [0.29, 0.717) is 12.1 Å². The van der Waals surface area contributed by atoms with Crippen molar-refractivity contribution in [3.63, 3.8) is 0 Å². The Hall–Kier alpha value is -1.86. The first kappa shape index (κ1) is 12.6. The molecule has 4 heteroatoms. The fraction of sp³-hybridized carbons (Fsp3) is 0.214. The van der Waals surface area contributed by atoms with Crippen molar-refractivity contribution >= 4 is 17.4 Å². The lowest BCUT2D eigenvalue weighted by atomic mass is 10.2. The van der Waals surface area contributed by atoms with E-state index in [2.05, 4.69) is 17.6 Å². The van der Waals surface area contributed by atoms with Gasteiger partial charge in [-0.25, -0.2) is 0 Å². The normalized spacial score (nSPS) is 10.0. The minimum absolute atomic E-state index is 0.653. The second kappa shape index (κ2) is 6.18. The molecule has 18 heavy (non-hydrogen) atoms. The number of anilines is 1. The third-order valence-corrected chi connectivity index (χ3v) is 3.06. The third kappa shape index (κ3) is 3.31. The van der Waals surface area contributed by atoms with Gasteiger partial charge in [-0.05, 0) is 42.7 Å². The molecule has 0 bridgehead atoms. The molecule has 0 saturated heterocycles. The number of furan rings is 1. The first-order valence-electron chi connectivity index (χ1n) is 5.62. The fourth-order valence-electron chi connectivity index (χ4n) is 1.59. The largest absolute Gasteiger partial charge is 0.463 e. The number of nitriles is 1. The molecule has 0 aliphatic heterocycles. The summed E-state index contributed by atoms with van der Waals surface area (Å²) in [6.07, 6.45) is 2.05. The minimum Gasteiger partial charge on any atom is -0.463 e. The van der Waals surface area contributed by atoms with Crippen molar-refractivity contribution in [1.29, 1.82) is 5.26 Å². The van der Waals surface area contributed by atoms with E-state index in [4.69, 9.17) is 9.68 Å². The summed E-state index contributed by atoms with van der Waals surface area (Å²) in [7, 11) is 0. The van der Waals surface area contributed by atoms with Crippen molar-refractivity contribution in [1.82, 2.24) is 0 Å². The molecule has 0 saturated carbocycles. The van der Waals surface area contributed by atoms with Crippen LogP contribution >= 0.6 is 11.8 Å². The van der Waals surface area contributed by atoms with Crippen molar-refractivity contribution in [3.05, 3.63) is 53.5 Å². The molecule has 2 aromatic rings. The molecule has 1 heterocycles. The predicted molar refractivity (Wildman–Crippen MR) is 74.4 cm³/mol. The van der Waals surface area contributed by atoms with E-state index >= 15 is 0 Å². The standard InChI is InChI=1S/C14H14N2OS/c1-18-10-14-7-6-13(17-14)9-16-12-4-2-11(8-15)3-5-12/h2-7,16H,9-10H2,1H3. The third-order valence-electron chi connectivity index (χ3n) is 2.48. The Kier molecular flexibility index (Phi) is 4.32. The van der Waals surface area contributed by atoms with Crippen LogP contribution in [0.25, 0.3) is 0 Å². The van der Waals surface area contributed by atoms with Gasteiger partial charge in [-0.15, -0.1) is 0 Å². The number of hydrogen-bond acceptors (Lipinski definition) is 4. The number of rotatable bonds is 5. The van der Waals surface area contributed by atoms with Crippen molar-refractivity contribution in [3.8, 4) is 6.07 Å². The van der Waals surface area contributed by atoms with Gasteiger partial charge in [0.1, 0.15) is 11.5 Å².